The molecule has 0 bridgehead atoms. The van der Waals surface area contributed by atoms with E-state index in [4.69, 9.17) is 23.6 Å². The van der Waals surface area contributed by atoms with Gasteiger partial charge in [0.05, 0.1) is 18.4 Å². The van der Waals surface area contributed by atoms with Crippen LogP contribution in [0, 0.1) is 6.92 Å². The largest absolute Gasteiger partial charge is 0.486 e. The minimum atomic E-state index is -0.370. The van der Waals surface area contributed by atoms with Crippen LogP contribution in [0.2, 0.25) is 0 Å². The fourth-order valence-electron chi connectivity index (χ4n) is 3.51. The summed E-state index contributed by atoms with van der Waals surface area (Å²) >= 11 is 0. The second-order valence-corrected chi connectivity index (χ2v) is 7.59. The van der Waals surface area contributed by atoms with Gasteiger partial charge in [0.25, 0.3) is 0 Å². The van der Waals surface area contributed by atoms with E-state index in [1.54, 1.807) is 12.1 Å². The Morgan fingerprint density at radius 3 is 2.55 bits per heavy atom. The van der Waals surface area contributed by atoms with Crippen molar-refractivity contribution >= 4 is 5.97 Å². The monoisotopic (exact) mass is 422 g/mol. The molecule has 7 nitrogen and oxygen atoms in total. The van der Waals surface area contributed by atoms with E-state index in [1.807, 2.05) is 31.2 Å². The van der Waals surface area contributed by atoms with Crippen molar-refractivity contribution in [2.75, 3.05) is 27.4 Å². The van der Waals surface area contributed by atoms with Gasteiger partial charge in [-0.05, 0) is 62.9 Å². The maximum atomic E-state index is 11.6. The van der Waals surface area contributed by atoms with Gasteiger partial charge < -0.3 is 18.6 Å². The molecule has 0 fully saturated rings. The van der Waals surface area contributed by atoms with E-state index < -0.39 is 0 Å². The molecule has 162 valence electrons. The van der Waals surface area contributed by atoms with Gasteiger partial charge in [-0.1, -0.05) is 6.07 Å². The lowest BCUT2D eigenvalue weighted by Gasteiger charge is -2.26. The van der Waals surface area contributed by atoms with Gasteiger partial charge in [-0.15, -0.1) is 0 Å². The summed E-state index contributed by atoms with van der Waals surface area (Å²) < 4.78 is 22.0. The molecular weight excluding hydrogens is 396 g/mol. The number of nitrogens with zero attached hydrogens (tertiary/aromatic N) is 2. The fourth-order valence-corrected chi connectivity index (χ4v) is 3.51. The average Bonchev–Trinajstić information content (AvgIpc) is 3.17. The average molecular weight is 422 g/mol. The first-order chi connectivity index (χ1) is 15.0. The van der Waals surface area contributed by atoms with Crippen LogP contribution in [0.15, 0.2) is 46.9 Å². The van der Waals surface area contributed by atoms with Crippen LogP contribution in [0.5, 0.6) is 11.5 Å². The van der Waals surface area contributed by atoms with Gasteiger partial charge in [-0.3, -0.25) is 4.90 Å². The Morgan fingerprint density at radius 2 is 1.84 bits per heavy atom. The molecule has 3 aromatic rings. The van der Waals surface area contributed by atoms with E-state index in [1.165, 1.54) is 7.11 Å². The van der Waals surface area contributed by atoms with Crippen LogP contribution in [0.1, 0.15) is 40.3 Å². The van der Waals surface area contributed by atoms with Crippen molar-refractivity contribution in [2.24, 2.45) is 0 Å². The highest BCUT2D eigenvalue weighted by Crippen LogP contribution is 2.34. The van der Waals surface area contributed by atoms with E-state index in [0.29, 0.717) is 31.2 Å². The van der Waals surface area contributed by atoms with Crippen molar-refractivity contribution in [1.29, 1.82) is 0 Å². The first-order valence-corrected chi connectivity index (χ1v) is 10.2. The first kappa shape index (κ1) is 20.9. The maximum Gasteiger partial charge on any atom is 0.337 e. The van der Waals surface area contributed by atoms with Gasteiger partial charge in [0.2, 0.25) is 5.89 Å². The standard InChI is InChI=1S/C24H26N2O5/c1-15(19-9-10-21-22(13-19)30-12-11-29-21)26(3)14-20-16(2)31-23(25-20)17-5-7-18(8-6-17)24(27)28-4/h5-10,13,15H,11-12,14H2,1-4H3. The third-order valence-corrected chi connectivity index (χ3v) is 5.55. The van der Waals surface area contributed by atoms with E-state index in [0.717, 1.165) is 34.1 Å². The smallest absolute Gasteiger partial charge is 0.337 e. The van der Waals surface area contributed by atoms with Gasteiger partial charge in [-0.25, -0.2) is 9.78 Å². The third kappa shape index (κ3) is 4.41. The lowest BCUT2D eigenvalue weighted by Crippen LogP contribution is -2.23. The summed E-state index contributed by atoms with van der Waals surface area (Å²) in [7, 11) is 3.42. The minimum absolute atomic E-state index is 0.148. The molecular formula is C24H26N2O5. The van der Waals surface area contributed by atoms with Crippen molar-refractivity contribution in [1.82, 2.24) is 9.88 Å². The molecule has 0 N–H and O–H groups in total. The summed E-state index contributed by atoms with van der Waals surface area (Å²) in [6.45, 7) is 5.85. The van der Waals surface area contributed by atoms with Gasteiger partial charge in [-0.2, -0.15) is 0 Å². The molecule has 1 aliphatic heterocycles. The number of oxazole rings is 1. The minimum Gasteiger partial charge on any atom is -0.486 e. The molecule has 1 unspecified atom stereocenters. The van der Waals surface area contributed by atoms with Crippen molar-refractivity contribution in [3.8, 4) is 23.0 Å². The van der Waals surface area contributed by atoms with Crippen LogP contribution < -0.4 is 9.47 Å². The van der Waals surface area contributed by atoms with E-state index in [2.05, 4.69) is 24.9 Å². The van der Waals surface area contributed by atoms with Crippen molar-refractivity contribution in [2.45, 2.75) is 26.4 Å². The lowest BCUT2D eigenvalue weighted by molar-refractivity contribution is 0.0600. The molecule has 0 amide bonds. The Labute approximate surface area is 181 Å². The highest BCUT2D eigenvalue weighted by Gasteiger charge is 2.20. The van der Waals surface area contributed by atoms with Crippen molar-refractivity contribution in [3.63, 3.8) is 0 Å². The second kappa shape index (κ2) is 8.81. The first-order valence-electron chi connectivity index (χ1n) is 10.2. The number of methoxy groups -OCH3 is 1. The summed E-state index contributed by atoms with van der Waals surface area (Å²) in [6.07, 6.45) is 0. The zero-order valence-electron chi connectivity index (χ0n) is 18.2. The molecule has 31 heavy (non-hydrogen) atoms. The van der Waals surface area contributed by atoms with Crippen LogP contribution in [0.25, 0.3) is 11.5 Å². The number of aromatic nitrogens is 1. The molecule has 0 aliphatic carbocycles. The number of benzene rings is 2. The SMILES string of the molecule is COC(=O)c1ccc(-c2nc(CN(C)C(C)c3ccc4c(c3)OCCO4)c(C)o2)cc1. The Morgan fingerprint density at radius 1 is 1.13 bits per heavy atom. The topological polar surface area (TPSA) is 74.0 Å². The Kier molecular flexibility index (Phi) is 5.95. The zero-order valence-corrected chi connectivity index (χ0v) is 18.2. The predicted molar refractivity (Wildman–Crippen MR) is 115 cm³/mol. The van der Waals surface area contributed by atoms with Crippen LogP contribution in [0.4, 0.5) is 0 Å². The Bertz CT molecular complexity index is 1070. The number of carbonyl (C=O) groups excluding carboxylic acids is 1. The predicted octanol–water partition coefficient (Wildman–Crippen LogP) is 4.40. The highest BCUT2D eigenvalue weighted by molar-refractivity contribution is 5.89. The van der Waals surface area contributed by atoms with Crippen LogP contribution in [-0.2, 0) is 11.3 Å². The summed E-state index contributed by atoms with van der Waals surface area (Å²) in [6, 6.07) is 13.2. The quantitative estimate of drug-likeness (QED) is 0.545. The molecule has 0 spiro atoms. The van der Waals surface area contributed by atoms with Crippen LogP contribution >= 0.6 is 0 Å². The summed E-state index contributed by atoms with van der Waals surface area (Å²) in [4.78, 5) is 18.5. The second-order valence-electron chi connectivity index (χ2n) is 7.59. The normalized spacial score (nSPS) is 13.8. The Balaban J connectivity index is 1.48. The van der Waals surface area contributed by atoms with E-state index >= 15 is 0 Å². The highest BCUT2D eigenvalue weighted by atomic mass is 16.6. The van der Waals surface area contributed by atoms with Gasteiger partial charge >= 0.3 is 5.97 Å². The molecule has 2 heterocycles. The van der Waals surface area contributed by atoms with Crippen LogP contribution in [-0.4, -0.2) is 43.2 Å². The van der Waals surface area contributed by atoms with Gasteiger partial charge in [0, 0.05) is 18.2 Å². The number of hydrogen-bond acceptors (Lipinski definition) is 7. The molecule has 1 aromatic heterocycles. The number of fused-ring (bicyclic) bond motifs is 1. The zero-order chi connectivity index (χ0) is 22.0. The molecule has 1 aliphatic rings. The number of hydrogen-bond donors (Lipinski definition) is 0. The maximum absolute atomic E-state index is 11.6. The number of carbonyl (C=O) groups is 1. The summed E-state index contributed by atoms with van der Waals surface area (Å²) in [5, 5.41) is 0. The number of aryl methyl sites for hydroxylation is 1. The van der Waals surface area contributed by atoms with Crippen LogP contribution in [0.3, 0.4) is 0 Å². The third-order valence-electron chi connectivity index (χ3n) is 5.55. The van der Waals surface area contributed by atoms with Crippen molar-refractivity contribution < 1.29 is 23.4 Å². The van der Waals surface area contributed by atoms with Gasteiger partial charge in [0.1, 0.15) is 19.0 Å². The lowest BCUT2D eigenvalue weighted by atomic mass is 10.1. The summed E-state index contributed by atoms with van der Waals surface area (Å²) in [5.74, 6) is 2.52. The fraction of sp³-hybridized carbons (Fsp3) is 0.333. The molecule has 0 saturated heterocycles. The molecule has 4 rings (SSSR count). The van der Waals surface area contributed by atoms with Crippen molar-refractivity contribution in [3.05, 3.63) is 65.0 Å². The molecule has 0 radical (unpaired) electrons. The summed E-state index contributed by atoms with van der Waals surface area (Å²) in [5.41, 5.74) is 3.32. The molecule has 1 atom stereocenters. The Hall–Kier alpha value is -3.32. The number of esters is 1. The van der Waals surface area contributed by atoms with E-state index in [-0.39, 0.29) is 12.0 Å². The number of rotatable bonds is 6. The molecule has 0 saturated carbocycles. The molecule has 2 aromatic carbocycles. The van der Waals surface area contributed by atoms with E-state index in [9.17, 15) is 4.79 Å². The molecule has 7 heteroatoms. The van der Waals surface area contributed by atoms with Gasteiger partial charge in [0.15, 0.2) is 11.5 Å². The number of ether oxygens (including phenoxy) is 3.